The molecule has 0 aliphatic carbocycles. The van der Waals surface area contributed by atoms with Crippen molar-refractivity contribution in [2.75, 3.05) is 0 Å². The molecular weight excluding hydrogens is 1030 g/mol. The van der Waals surface area contributed by atoms with Crippen molar-refractivity contribution in [2.24, 2.45) is 0 Å². The van der Waals surface area contributed by atoms with Crippen LogP contribution in [0.15, 0.2) is 148 Å². The second-order valence-corrected chi connectivity index (χ2v) is 24.7. The van der Waals surface area contributed by atoms with E-state index in [0.29, 0.717) is 23.5 Å². The van der Waals surface area contributed by atoms with Gasteiger partial charge in [-0.05, 0) is 100 Å². The number of pyridine rings is 2. The molecule has 0 amide bonds. The number of benzene rings is 6. The summed E-state index contributed by atoms with van der Waals surface area (Å²) in [6.07, 6.45) is 2.08. The maximum atomic E-state index is 6.47. The van der Waals surface area contributed by atoms with E-state index in [0.717, 1.165) is 77.7 Å². The van der Waals surface area contributed by atoms with Gasteiger partial charge in [0.2, 0.25) is 5.71 Å². The first-order valence-electron chi connectivity index (χ1n) is 23.5. The monoisotopic (exact) mass is 1090 g/mol. The zero-order valence-electron chi connectivity index (χ0n) is 40.4. The predicted octanol–water partition coefficient (Wildman–Crippen LogP) is 16.1. The Kier molecular flexibility index (Phi) is 12.7. The van der Waals surface area contributed by atoms with Crippen molar-refractivity contribution in [1.29, 1.82) is 0 Å². The van der Waals surface area contributed by atoms with E-state index < -0.39 is 8.07 Å². The number of nitrogens with zero attached hydrogens (tertiary/aromatic N) is 4. The largest absolute Gasteiger partial charge is 0.501 e. The number of imidazole rings is 1. The van der Waals surface area contributed by atoms with Crippen LogP contribution in [0.3, 0.4) is 0 Å². The number of fused-ring (bicyclic) bond motifs is 7. The first-order chi connectivity index (χ1) is 32.3. The molecule has 0 aliphatic heterocycles. The van der Waals surface area contributed by atoms with Gasteiger partial charge in [0.25, 0.3) is 0 Å². The first-order valence-corrected chi connectivity index (χ1v) is 27.0. The average Bonchev–Trinajstić information content (AvgIpc) is 4.02. The fraction of sp³-hybridized carbons (Fsp3) is 0.217. The molecule has 6 nitrogen and oxygen atoms in total. The molecule has 0 unspecified atom stereocenters. The van der Waals surface area contributed by atoms with Crippen molar-refractivity contribution < 1.29 is 28.9 Å². The van der Waals surface area contributed by atoms with Crippen LogP contribution in [0.2, 0.25) is 19.6 Å². The molecule has 5 heterocycles. The van der Waals surface area contributed by atoms with Gasteiger partial charge in [0, 0.05) is 48.5 Å². The smallest absolute Gasteiger partial charge is 0.216 e. The van der Waals surface area contributed by atoms with Crippen LogP contribution in [0.5, 0.6) is 0 Å². The Morgan fingerprint density at radius 2 is 1.19 bits per heavy atom. The molecule has 0 fully saturated rings. The summed E-state index contributed by atoms with van der Waals surface area (Å²) in [5.74, 6) is 1.90. The summed E-state index contributed by atoms with van der Waals surface area (Å²) in [5, 5.41) is 5.71. The number of aryl methyl sites for hydroxylation is 1. The SMILES string of the molecule is CC(C)c1cc(-c2ccccc2)cc(C(C)C)c1-n1c(-c2[c-]ccc3c2oc2ccccc23)nc2ccccc21.Cc1ccc2c(n1)oc1c(-c3cc(C(C)C)c([Si](C)(C)C)cn3)[c-]ccc12.[Ir]. The first kappa shape index (κ1) is 46.7. The van der Waals surface area contributed by atoms with Gasteiger partial charge >= 0.3 is 0 Å². The van der Waals surface area contributed by atoms with Crippen LogP contribution >= 0.6 is 0 Å². The molecule has 1 radical (unpaired) electrons. The fourth-order valence-corrected chi connectivity index (χ4v) is 11.2. The van der Waals surface area contributed by atoms with Crippen molar-refractivity contribution in [1.82, 2.24) is 19.5 Å². The minimum atomic E-state index is -1.46. The molecule has 5 aromatic heterocycles. The van der Waals surface area contributed by atoms with Gasteiger partial charge in [-0.15, -0.1) is 36.4 Å². The van der Waals surface area contributed by atoms with E-state index >= 15 is 0 Å². The second-order valence-electron chi connectivity index (χ2n) is 19.7. The summed E-state index contributed by atoms with van der Waals surface area (Å²) in [6.45, 7) is 22.7. The summed E-state index contributed by atoms with van der Waals surface area (Å²) < 4.78 is 15.0. The van der Waals surface area contributed by atoms with Crippen molar-refractivity contribution >= 4 is 68.3 Å². The number of hydrogen-bond donors (Lipinski definition) is 0. The summed E-state index contributed by atoms with van der Waals surface area (Å²) in [5.41, 5.74) is 16.5. The maximum Gasteiger partial charge on any atom is 0.216 e. The Hall–Kier alpha value is -6.44. The molecular formula is C60H56IrN4O2Si-2. The molecule has 0 aliphatic rings. The number of rotatable bonds is 8. The van der Waals surface area contributed by atoms with Gasteiger partial charge in [0.1, 0.15) is 5.58 Å². The fourth-order valence-electron chi connectivity index (χ4n) is 9.51. The van der Waals surface area contributed by atoms with Gasteiger partial charge < -0.3 is 18.4 Å². The Bertz CT molecular complexity index is 3600. The molecule has 0 spiro atoms. The number of aromatic nitrogens is 4. The van der Waals surface area contributed by atoms with E-state index in [1.54, 1.807) is 0 Å². The van der Waals surface area contributed by atoms with Crippen molar-refractivity contribution in [3.8, 4) is 39.5 Å². The molecule has 0 N–H and O–H groups in total. The Balaban J connectivity index is 0.000000180. The van der Waals surface area contributed by atoms with Gasteiger partial charge in [-0.25, -0.2) is 4.98 Å². The van der Waals surface area contributed by atoms with Gasteiger partial charge in [0.05, 0.1) is 36.1 Å². The predicted molar refractivity (Wildman–Crippen MR) is 282 cm³/mol. The van der Waals surface area contributed by atoms with Gasteiger partial charge in [0.15, 0.2) is 0 Å². The molecule has 68 heavy (non-hydrogen) atoms. The summed E-state index contributed by atoms with van der Waals surface area (Å²) in [7, 11) is -1.46. The van der Waals surface area contributed by atoms with Gasteiger partial charge in [-0.3, -0.25) is 4.98 Å². The van der Waals surface area contributed by atoms with Crippen LogP contribution in [0.1, 0.15) is 81.7 Å². The number of furan rings is 2. The number of para-hydroxylation sites is 3. The zero-order valence-corrected chi connectivity index (χ0v) is 43.8. The van der Waals surface area contributed by atoms with E-state index in [9.17, 15) is 0 Å². The molecule has 343 valence electrons. The molecule has 6 aromatic carbocycles. The molecule has 11 aromatic rings. The third-order valence-corrected chi connectivity index (χ3v) is 15.0. The molecule has 11 rings (SSSR count). The van der Waals surface area contributed by atoms with Crippen LogP contribution in [0, 0.1) is 19.1 Å². The van der Waals surface area contributed by atoms with E-state index in [4.69, 9.17) is 18.8 Å². The van der Waals surface area contributed by atoms with Crippen LogP contribution in [-0.4, -0.2) is 27.6 Å². The van der Waals surface area contributed by atoms with Crippen molar-refractivity contribution in [3.63, 3.8) is 0 Å². The topological polar surface area (TPSA) is 69.9 Å². The molecule has 0 saturated carbocycles. The van der Waals surface area contributed by atoms with E-state index in [2.05, 4.69) is 186 Å². The molecule has 0 bridgehead atoms. The second kappa shape index (κ2) is 18.6. The number of hydrogen-bond acceptors (Lipinski definition) is 5. The van der Waals surface area contributed by atoms with E-state index in [1.807, 2.05) is 43.3 Å². The van der Waals surface area contributed by atoms with Gasteiger partial charge in [-0.2, -0.15) is 0 Å². The van der Waals surface area contributed by atoms with Crippen LogP contribution in [0.4, 0.5) is 0 Å². The van der Waals surface area contributed by atoms with Gasteiger partial charge in [-0.1, -0.05) is 155 Å². The van der Waals surface area contributed by atoms with Crippen LogP contribution in [0.25, 0.3) is 94.5 Å². The Morgan fingerprint density at radius 3 is 1.88 bits per heavy atom. The van der Waals surface area contributed by atoms with E-state index in [-0.39, 0.29) is 20.1 Å². The summed E-state index contributed by atoms with van der Waals surface area (Å²) in [6, 6.07) is 53.3. The minimum absolute atomic E-state index is 0. The molecule has 8 heteroatoms. The van der Waals surface area contributed by atoms with E-state index in [1.165, 1.54) is 38.7 Å². The molecule has 0 atom stereocenters. The third-order valence-electron chi connectivity index (χ3n) is 12.9. The van der Waals surface area contributed by atoms with Crippen molar-refractivity contribution in [2.45, 2.75) is 85.9 Å². The average molecular weight is 1090 g/mol. The summed E-state index contributed by atoms with van der Waals surface area (Å²) in [4.78, 5) is 14.6. The normalized spacial score (nSPS) is 12.0. The maximum absolute atomic E-state index is 6.47. The van der Waals surface area contributed by atoms with Crippen LogP contribution < -0.4 is 5.19 Å². The van der Waals surface area contributed by atoms with Crippen LogP contribution in [-0.2, 0) is 20.1 Å². The quantitative estimate of drug-likeness (QED) is 0.112. The third kappa shape index (κ3) is 8.44. The molecule has 0 saturated heterocycles. The minimum Gasteiger partial charge on any atom is -0.501 e. The Morgan fingerprint density at radius 1 is 0.574 bits per heavy atom. The summed E-state index contributed by atoms with van der Waals surface area (Å²) >= 11 is 0. The zero-order chi connectivity index (χ0) is 46.7. The standard InChI is InChI=1S/C37H31N2O.C23H25N2OSi.Ir/c1-23(2)30-21-26(25-13-6-5-7-14-25)22-31(24(3)4)35(30)39-33-19-10-9-18-32(33)38-37(39)29-17-12-16-28-27-15-8-11-20-34(27)40-36(28)29;1-14(2)19-12-20(24-13-21(19)27(4,5)6)18-9-7-8-16-17-11-10-15(3)25-23(17)26-22(16)18;/h5-16,18-24H,1-4H3;7-8,10-14H,1-6H3;/q2*-1;. The Labute approximate surface area is 413 Å². The van der Waals surface area contributed by atoms with Crippen molar-refractivity contribution in [3.05, 3.63) is 174 Å².